The average Bonchev–Trinajstić information content (AvgIpc) is 3.33. The van der Waals surface area contributed by atoms with Gasteiger partial charge in [-0.25, -0.2) is 9.37 Å². The van der Waals surface area contributed by atoms with Crippen molar-refractivity contribution >= 4 is 21.6 Å². The largest absolute Gasteiger partial charge is 0.489 e. The molecule has 2 aliphatic rings. The van der Waals surface area contributed by atoms with Crippen LogP contribution >= 0.6 is 11.3 Å². The molecule has 1 aromatic heterocycles. The molecule has 11 heteroatoms. The Balaban J connectivity index is 1.39. The summed E-state index contributed by atoms with van der Waals surface area (Å²) in [4.78, 5) is 9.06. The van der Waals surface area contributed by atoms with Crippen LogP contribution in [0.5, 0.6) is 11.5 Å². The molecule has 0 spiro atoms. The number of aryl methyl sites for hydroxylation is 1. The first-order chi connectivity index (χ1) is 19.5. The normalized spacial score (nSPS) is 20.2. The summed E-state index contributed by atoms with van der Waals surface area (Å²) in [7, 11) is 0. The third kappa shape index (κ3) is 7.67. The van der Waals surface area contributed by atoms with E-state index in [0.29, 0.717) is 31.8 Å². The topological polar surface area (TPSA) is 102 Å². The van der Waals surface area contributed by atoms with Gasteiger partial charge in [0.15, 0.2) is 11.6 Å². The number of hydrogen-bond acceptors (Lipinski definition) is 10. The van der Waals surface area contributed by atoms with Crippen LogP contribution in [0.1, 0.15) is 11.4 Å². The van der Waals surface area contributed by atoms with Crippen molar-refractivity contribution in [3.63, 3.8) is 0 Å². The second kappa shape index (κ2) is 14.0. The van der Waals surface area contributed by atoms with Crippen LogP contribution < -0.4 is 20.1 Å². The van der Waals surface area contributed by atoms with Gasteiger partial charge in [-0.3, -0.25) is 9.80 Å². The molecule has 3 heterocycles. The Morgan fingerprint density at radius 1 is 1.02 bits per heavy atom. The lowest BCUT2D eigenvalue weighted by Crippen LogP contribution is -2.60. The molecule has 4 N–H and O–H groups in total. The number of aromatic nitrogens is 1. The molecule has 4 unspecified atom stereocenters. The maximum atomic E-state index is 14.3. The second-order valence-electron chi connectivity index (χ2n) is 10.5. The summed E-state index contributed by atoms with van der Waals surface area (Å²) in [5.74, 6) is 0.264. The third-order valence-electron chi connectivity index (χ3n) is 7.53. The number of thiazole rings is 1. The Bertz CT molecular complexity index is 1220. The number of aliphatic hydroxyl groups is 2. The number of nitrogens with zero attached hydrogens (tertiary/aromatic N) is 3. The Kier molecular flexibility index (Phi) is 10.2. The zero-order valence-corrected chi connectivity index (χ0v) is 23.8. The van der Waals surface area contributed by atoms with Crippen molar-refractivity contribution in [2.45, 2.75) is 37.7 Å². The monoisotopic (exact) mass is 573 g/mol. The molecule has 0 bridgehead atoms. The zero-order valence-electron chi connectivity index (χ0n) is 23.0. The smallest absolute Gasteiger partial charge is 0.165 e. The van der Waals surface area contributed by atoms with Crippen LogP contribution in [0, 0.1) is 12.7 Å². The van der Waals surface area contributed by atoms with Gasteiger partial charge in [-0.2, -0.15) is 0 Å². The van der Waals surface area contributed by atoms with Crippen molar-refractivity contribution in [3.8, 4) is 11.5 Å². The predicted molar refractivity (Wildman–Crippen MR) is 155 cm³/mol. The number of para-hydroxylation sites is 1. The van der Waals surface area contributed by atoms with Gasteiger partial charge in [0.05, 0.1) is 27.4 Å². The van der Waals surface area contributed by atoms with Crippen molar-refractivity contribution < 1.29 is 24.1 Å². The van der Waals surface area contributed by atoms with E-state index in [1.54, 1.807) is 29.5 Å². The minimum absolute atomic E-state index is 0.0983. The molecular formula is C29H40FN5O4S. The number of hydrogen-bond donors (Lipinski definition) is 4. The summed E-state index contributed by atoms with van der Waals surface area (Å²) in [6, 6.07) is 11.6. The van der Waals surface area contributed by atoms with E-state index >= 15 is 0 Å². The van der Waals surface area contributed by atoms with E-state index in [1.165, 1.54) is 6.07 Å². The number of ether oxygens (including phenoxy) is 2. The highest BCUT2D eigenvalue weighted by Gasteiger charge is 2.38. The minimum Gasteiger partial charge on any atom is -0.489 e. The van der Waals surface area contributed by atoms with Crippen LogP contribution in [0.3, 0.4) is 0 Å². The average molecular weight is 574 g/mol. The van der Waals surface area contributed by atoms with Crippen LogP contribution in [-0.2, 0) is 0 Å². The summed E-state index contributed by atoms with van der Waals surface area (Å²) < 4.78 is 27.7. The fraction of sp³-hybridized carbons (Fsp3) is 0.552. The molecule has 9 nitrogen and oxygen atoms in total. The molecule has 4 atom stereocenters. The fourth-order valence-electron chi connectivity index (χ4n) is 5.60. The van der Waals surface area contributed by atoms with Gasteiger partial charge in [0.1, 0.15) is 24.6 Å². The number of rotatable bonds is 12. The molecule has 0 radical (unpaired) electrons. The van der Waals surface area contributed by atoms with E-state index in [-0.39, 0.29) is 12.4 Å². The highest BCUT2D eigenvalue weighted by atomic mass is 32.1. The number of piperazine rings is 2. The van der Waals surface area contributed by atoms with Crippen LogP contribution in [0.2, 0.25) is 0 Å². The lowest BCUT2D eigenvalue weighted by Gasteiger charge is -2.42. The molecule has 0 aliphatic carbocycles. The molecule has 40 heavy (non-hydrogen) atoms. The Morgan fingerprint density at radius 2 is 1.75 bits per heavy atom. The number of fused-ring (bicyclic) bond motifs is 1. The van der Waals surface area contributed by atoms with Crippen molar-refractivity contribution in [1.29, 1.82) is 0 Å². The molecule has 2 fully saturated rings. The Labute approximate surface area is 238 Å². The third-order valence-corrected chi connectivity index (χ3v) is 8.48. The predicted octanol–water partition coefficient (Wildman–Crippen LogP) is 1.86. The maximum absolute atomic E-state index is 14.3. The molecule has 5 rings (SSSR count). The zero-order chi connectivity index (χ0) is 27.9. The minimum atomic E-state index is -0.987. The van der Waals surface area contributed by atoms with E-state index < -0.39 is 30.2 Å². The summed E-state index contributed by atoms with van der Waals surface area (Å²) in [6.45, 7) is 8.92. The first kappa shape index (κ1) is 29.1. The lowest BCUT2D eigenvalue weighted by molar-refractivity contribution is -0.0551. The lowest BCUT2D eigenvalue weighted by atomic mass is 9.96. The van der Waals surface area contributed by atoms with Gasteiger partial charge in [-0.1, -0.05) is 12.1 Å². The van der Waals surface area contributed by atoms with Crippen LogP contribution in [0.25, 0.3) is 10.2 Å². The molecule has 2 aromatic carbocycles. The van der Waals surface area contributed by atoms with Crippen LogP contribution in [0.4, 0.5) is 4.39 Å². The number of halogens is 1. The number of aliphatic hydroxyl groups excluding tert-OH is 2. The van der Waals surface area contributed by atoms with Crippen molar-refractivity contribution in [3.05, 3.63) is 53.3 Å². The summed E-state index contributed by atoms with van der Waals surface area (Å²) in [6.07, 6.45) is -1.87. The van der Waals surface area contributed by atoms with Gasteiger partial charge >= 0.3 is 0 Å². The van der Waals surface area contributed by atoms with E-state index in [2.05, 4.69) is 25.4 Å². The van der Waals surface area contributed by atoms with Gasteiger partial charge in [0.2, 0.25) is 0 Å². The van der Waals surface area contributed by atoms with E-state index in [9.17, 15) is 14.6 Å². The van der Waals surface area contributed by atoms with E-state index in [0.717, 1.165) is 54.5 Å². The van der Waals surface area contributed by atoms with Crippen molar-refractivity contribution in [2.24, 2.45) is 0 Å². The van der Waals surface area contributed by atoms with E-state index in [4.69, 9.17) is 9.47 Å². The molecular weight excluding hydrogens is 533 g/mol. The van der Waals surface area contributed by atoms with Gasteiger partial charge < -0.3 is 30.3 Å². The summed E-state index contributed by atoms with van der Waals surface area (Å²) in [5.41, 5.74) is 0.863. The quantitative estimate of drug-likeness (QED) is 0.259. The highest BCUT2D eigenvalue weighted by molar-refractivity contribution is 7.18. The number of nitrogens with one attached hydrogen (secondary N) is 2. The Hall–Kier alpha value is -2.38. The first-order valence-corrected chi connectivity index (χ1v) is 14.9. The number of benzene rings is 2. The standard InChI is InChI=1S/C29H40FN5O4S/c1-20-33-24-17-22(6-7-28(24)40-20)39-27(16-21(36)18-34-12-8-31-9-13-34)29(35-14-10-32-11-15-35)25(37)19-38-26-5-3-2-4-23(26)30/h2-7,17,21,25,27,29,31-32,36-37H,8-16,18-19H2,1H3. The highest BCUT2D eigenvalue weighted by Crippen LogP contribution is 2.29. The van der Waals surface area contributed by atoms with Crippen LogP contribution in [0.15, 0.2) is 42.5 Å². The van der Waals surface area contributed by atoms with Crippen molar-refractivity contribution in [2.75, 3.05) is 65.5 Å². The van der Waals surface area contributed by atoms with Gasteiger partial charge in [-0.05, 0) is 31.2 Å². The van der Waals surface area contributed by atoms with E-state index in [1.807, 2.05) is 25.1 Å². The maximum Gasteiger partial charge on any atom is 0.165 e. The molecule has 2 saturated heterocycles. The van der Waals surface area contributed by atoms with Crippen molar-refractivity contribution in [1.82, 2.24) is 25.4 Å². The molecule has 0 amide bonds. The van der Waals surface area contributed by atoms with Gasteiger partial charge in [-0.15, -0.1) is 11.3 Å². The van der Waals surface area contributed by atoms with Gasteiger partial charge in [0, 0.05) is 71.4 Å². The summed E-state index contributed by atoms with van der Waals surface area (Å²) in [5, 5.41) is 30.5. The SMILES string of the molecule is Cc1nc2cc(OC(CC(O)CN3CCNCC3)C(C(O)COc3ccccc3F)N3CCNCC3)ccc2s1. The first-order valence-electron chi connectivity index (χ1n) is 14.1. The Morgan fingerprint density at radius 3 is 2.50 bits per heavy atom. The second-order valence-corrected chi connectivity index (χ2v) is 11.8. The number of β-amino-alcohol motifs (C(OH)–C–C–N with tert-alkyl or cyclic N) is 1. The molecule has 218 valence electrons. The fourth-order valence-corrected chi connectivity index (χ4v) is 6.41. The summed E-state index contributed by atoms with van der Waals surface area (Å²) >= 11 is 1.63. The van der Waals surface area contributed by atoms with Crippen LogP contribution in [-0.4, -0.2) is 115 Å². The molecule has 3 aromatic rings. The van der Waals surface area contributed by atoms with Gasteiger partial charge in [0.25, 0.3) is 0 Å². The molecule has 2 aliphatic heterocycles. The molecule has 0 saturated carbocycles.